The minimum atomic E-state index is -0.735. The Morgan fingerprint density at radius 1 is 1.08 bits per heavy atom. The normalized spacial score (nSPS) is 21.9. The summed E-state index contributed by atoms with van der Waals surface area (Å²) in [4.78, 5) is 10.3. The Bertz CT molecular complexity index is 425. The molecule has 0 aromatic heterocycles. The lowest BCUT2D eigenvalue weighted by atomic mass is 10.1. The number of carbonyl (C=O) groups is 1. The molecule has 0 aromatic rings. The smallest absolute Gasteiger partial charge is 0.303 e. The molecular formula is C20H32O4. The Kier molecular flexibility index (Phi) is 11.2. The molecule has 1 heterocycles. The van der Waals surface area contributed by atoms with Crippen LogP contribution in [0.15, 0.2) is 36.5 Å². The van der Waals surface area contributed by atoms with Crippen LogP contribution in [0.25, 0.3) is 0 Å². The van der Waals surface area contributed by atoms with Crippen molar-refractivity contribution in [2.45, 2.75) is 83.0 Å². The van der Waals surface area contributed by atoms with E-state index in [1.807, 2.05) is 18.2 Å². The van der Waals surface area contributed by atoms with Crippen molar-refractivity contribution in [3.05, 3.63) is 36.5 Å². The molecule has 0 spiro atoms. The van der Waals surface area contributed by atoms with Crippen LogP contribution in [0.5, 0.6) is 0 Å². The number of epoxide rings is 1. The first kappa shape index (κ1) is 20.7. The zero-order chi connectivity index (χ0) is 17.6. The fourth-order valence-corrected chi connectivity index (χ4v) is 2.55. The predicted molar refractivity (Wildman–Crippen MR) is 97.0 cm³/mol. The van der Waals surface area contributed by atoms with Gasteiger partial charge in [0.15, 0.2) is 0 Å². The van der Waals surface area contributed by atoms with E-state index in [1.165, 1.54) is 19.3 Å². The molecular weight excluding hydrogens is 304 g/mol. The first-order valence-electron chi connectivity index (χ1n) is 9.17. The Morgan fingerprint density at radius 2 is 1.79 bits per heavy atom. The van der Waals surface area contributed by atoms with Crippen molar-refractivity contribution in [2.75, 3.05) is 0 Å². The van der Waals surface area contributed by atoms with Gasteiger partial charge >= 0.3 is 5.97 Å². The molecule has 136 valence electrons. The van der Waals surface area contributed by atoms with Gasteiger partial charge in [0.1, 0.15) is 12.2 Å². The van der Waals surface area contributed by atoms with Crippen molar-refractivity contribution < 1.29 is 19.7 Å². The Labute approximate surface area is 145 Å². The first-order chi connectivity index (χ1) is 11.6. The number of carboxylic acids is 1. The van der Waals surface area contributed by atoms with Crippen molar-refractivity contribution in [3.63, 3.8) is 0 Å². The van der Waals surface area contributed by atoms with Crippen LogP contribution in [0.3, 0.4) is 0 Å². The van der Waals surface area contributed by atoms with Crippen LogP contribution in [0.1, 0.15) is 64.7 Å². The van der Waals surface area contributed by atoms with Crippen molar-refractivity contribution >= 4 is 5.97 Å². The second-order valence-electron chi connectivity index (χ2n) is 6.25. The highest BCUT2D eigenvalue weighted by atomic mass is 16.6. The summed E-state index contributed by atoms with van der Waals surface area (Å²) in [5.74, 6) is -0.735. The largest absolute Gasteiger partial charge is 0.481 e. The van der Waals surface area contributed by atoms with Crippen molar-refractivity contribution in [3.8, 4) is 0 Å². The van der Waals surface area contributed by atoms with Gasteiger partial charge in [0.2, 0.25) is 0 Å². The number of hydrogen-bond donors (Lipinski definition) is 2. The summed E-state index contributed by atoms with van der Waals surface area (Å²) in [6.45, 7) is 2.19. The van der Waals surface area contributed by atoms with E-state index in [-0.39, 0.29) is 18.6 Å². The van der Waals surface area contributed by atoms with Gasteiger partial charge in [-0.3, -0.25) is 4.79 Å². The number of aliphatic carboxylic acids is 1. The Hall–Kier alpha value is -1.39. The summed E-state index contributed by atoms with van der Waals surface area (Å²) in [7, 11) is 0. The van der Waals surface area contributed by atoms with Crippen molar-refractivity contribution in [1.82, 2.24) is 0 Å². The maximum Gasteiger partial charge on any atom is 0.303 e. The summed E-state index contributed by atoms with van der Waals surface area (Å²) < 4.78 is 5.52. The second kappa shape index (κ2) is 13.0. The number of carboxylic acid groups (broad SMARTS) is 1. The average molecular weight is 336 g/mol. The van der Waals surface area contributed by atoms with Crippen LogP contribution < -0.4 is 0 Å². The lowest BCUT2D eigenvalue weighted by Crippen LogP contribution is -2.13. The number of aliphatic hydroxyl groups is 1. The van der Waals surface area contributed by atoms with Gasteiger partial charge in [0, 0.05) is 6.42 Å². The molecule has 1 saturated heterocycles. The Morgan fingerprint density at radius 3 is 2.50 bits per heavy atom. The highest BCUT2D eigenvalue weighted by molar-refractivity contribution is 5.66. The summed E-state index contributed by atoms with van der Waals surface area (Å²) in [5, 5.41) is 18.5. The molecule has 0 saturated carbocycles. The lowest BCUT2D eigenvalue weighted by Gasteiger charge is -2.00. The number of aliphatic hydroxyl groups excluding tert-OH is 1. The van der Waals surface area contributed by atoms with Gasteiger partial charge in [-0.05, 0) is 32.1 Å². The first-order valence-corrected chi connectivity index (χ1v) is 9.17. The molecule has 3 atom stereocenters. The molecule has 1 rings (SSSR count). The molecule has 1 aliphatic rings. The molecule has 4 nitrogen and oxygen atoms in total. The van der Waals surface area contributed by atoms with Gasteiger partial charge < -0.3 is 14.9 Å². The van der Waals surface area contributed by atoms with E-state index in [0.717, 1.165) is 25.7 Å². The fourth-order valence-electron chi connectivity index (χ4n) is 2.55. The number of allylic oxidation sites excluding steroid dienone is 5. The molecule has 0 unspecified atom stereocenters. The highest BCUT2D eigenvalue weighted by Crippen LogP contribution is 2.30. The predicted octanol–water partition coefficient (Wildman–Crippen LogP) is 4.40. The zero-order valence-corrected chi connectivity index (χ0v) is 14.8. The number of unbranched alkanes of at least 4 members (excludes halogenated alkanes) is 3. The van der Waals surface area contributed by atoms with Crippen LogP contribution in [0.4, 0.5) is 0 Å². The summed E-state index contributed by atoms with van der Waals surface area (Å²) >= 11 is 0. The topological polar surface area (TPSA) is 70.1 Å². The molecule has 2 N–H and O–H groups in total. The standard InChI is InChI=1S/C20H32O4/c1-2-3-11-15-18-20(24-18)17(21)14-12-9-7-5-4-6-8-10-13-16-19(22)23/h5-8,12,14,17-18,20-21H,2-4,9-11,13,15-16H2,1H3,(H,22,23)/b7-5-,8-6-,14-12-/t17-,18-,20+/m0/s1. The quantitative estimate of drug-likeness (QED) is 0.280. The van der Waals surface area contributed by atoms with E-state index in [0.29, 0.717) is 6.42 Å². The monoisotopic (exact) mass is 336 g/mol. The fraction of sp³-hybridized carbons (Fsp3) is 0.650. The van der Waals surface area contributed by atoms with Crippen LogP contribution in [-0.4, -0.2) is 34.5 Å². The second-order valence-corrected chi connectivity index (χ2v) is 6.25. The van der Waals surface area contributed by atoms with Crippen LogP contribution in [-0.2, 0) is 9.53 Å². The molecule has 4 heteroatoms. The minimum absolute atomic E-state index is 0.00387. The van der Waals surface area contributed by atoms with Gasteiger partial charge in [-0.2, -0.15) is 0 Å². The molecule has 0 aromatic carbocycles. The third kappa shape index (κ3) is 10.4. The summed E-state index contributed by atoms with van der Waals surface area (Å²) in [6.07, 6.45) is 19.9. The Balaban J connectivity index is 2.00. The maximum absolute atomic E-state index is 10.3. The molecule has 1 aliphatic heterocycles. The van der Waals surface area contributed by atoms with Gasteiger partial charge in [0.05, 0.1) is 6.10 Å². The van der Waals surface area contributed by atoms with E-state index in [4.69, 9.17) is 9.84 Å². The van der Waals surface area contributed by atoms with Crippen LogP contribution >= 0.6 is 0 Å². The zero-order valence-electron chi connectivity index (χ0n) is 14.8. The number of rotatable bonds is 14. The highest BCUT2D eigenvalue weighted by Gasteiger charge is 2.42. The number of ether oxygens (including phenoxy) is 1. The van der Waals surface area contributed by atoms with Gasteiger partial charge in [-0.15, -0.1) is 0 Å². The molecule has 24 heavy (non-hydrogen) atoms. The molecule has 1 fully saturated rings. The van der Waals surface area contributed by atoms with Crippen LogP contribution in [0, 0.1) is 0 Å². The van der Waals surface area contributed by atoms with Crippen molar-refractivity contribution in [1.29, 1.82) is 0 Å². The van der Waals surface area contributed by atoms with Crippen molar-refractivity contribution in [2.24, 2.45) is 0 Å². The van der Waals surface area contributed by atoms with E-state index in [1.54, 1.807) is 0 Å². The van der Waals surface area contributed by atoms with Gasteiger partial charge in [0.25, 0.3) is 0 Å². The number of hydrogen-bond acceptors (Lipinski definition) is 3. The van der Waals surface area contributed by atoms with E-state index >= 15 is 0 Å². The SMILES string of the molecule is CCCCC[C@@H]1O[C@@H]1[C@@H](O)/C=C\C/C=C\C/C=C\CCCC(=O)O. The summed E-state index contributed by atoms with van der Waals surface area (Å²) in [5.41, 5.74) is 0. The van der Waals surface area contributed by atoms with E-state index < -0.39 is 12.1 Å². The third-order valence-electron chi connectivity index (χ3n) is 4.02. The lowest BCUT2D eigenvalue weighted by molar-refractivity contribution is -0.137. The maximum atomic E-state index is 10.3. The molecule has 0 bridgehead atoms. The molecule has 0 radical (unpaired) electrons. The summed E-state index contributed by atoms with van der Waals surface area (Å²) in [6, 6.07) is 0. The van der Waals surface area contributed by atoms with Gasteiger partial charge in [-0.1, -0.05) is 62.6 Å². The average Bonchev–Trinajstić information content (AvgIpc) is 3.32. The molecule has 0 aliphatic carbocycles. The third-order valence-corrected chi connectivity index (χ3v) is 4.02. The van der Waals surface area contributed by atoms with Crippen LogP contribution in [0.2, 0.25) is 0 Å². The van der Waals surface area contributed by atoms with E-state index in [9.17, 15) is 9.90 Å². The minimum Gasteiger partial charge on any atom is -0.481 e. The van der Waals surface area contributed by atoms with Gasteiger partial charge in [-0.25, -0.2) is 0 Å². The molecule has 0 amide bonds. The van der Waals surface area contributed by atoms with E-state index in [2.05, 4.69) is 25.2 Å².